The van der Waals surface area contributed by atoms with Crippen molar-refractivity contribution < 1.29 is 14.6 Å². The van der Waals surface area contributed by atoms with Gasteiger partial charge in [-0.1, -0.05) is 74.5 Å². The summed E-state index contributed by atoms with van der Waals surface area (Å²) in [7, 11) is 0. The summed E-state index contributed by atoms with van der Waals surface area (Å²) in [5.41, 5.74) is 6.69. The van der Waals surface area contributed by atoms with Crippen LogP contribution in [0.15, 0.2) is 91.0 Å². The largest absolute Gasteiger partial charge is 0.478 e. The van der Waals surface area contributed by atoms with Crippen LogP contribution < -0.4 is 4.74 Å². The van der Waals surface area contributed by atoms with Gasteiger partial charge in [-0.05, 0) is 53.3 Å². The van der Waals surface area contributed by atoms with Crippen molar-refractivity contribution in [3.05, 3.63) is 102 Å². The van der Waals surface area contributed by atoms with E-state index in [9.17, 15) is 9.90 Å². The first-order valence-corrected chi connectivity index (χ1v) is 11.5. The highest BCUT2D eigenvalue weighted by atomic mass is 16.5. The molecule has 0 atom stereocenters. The topological polar surface area (TPSA) is 51.5 Å². The fourth-order valence-electron chi connectivity index (χ4n) is 4.84. The summed E-state index contributed by atoms with van der Waals surface area (Å²) in [5, 5.41) is 9.38. The highest BCUT2D eigenvalue weighted by Crippen LogP contribution is 2.47. The molecule has 3 aromatic carbocycles. The molecule has 0 radical (unpaired) electrons. The molecule has 5 rings (SSSR count). The van der Waals surface area contributed by atoms with Gasteiger partial charge in [-0.3, -0.25) is 0 Å². The Morgan fingerprint density at radius 2 is 1.44 bits per heavy atom. The lowest BCUT2D eigenvalue weighted by Crippen LogP contribution is -2.13. The Morgan fingerprint density at radius 3 is 2.09 bits per heavy atom. The number of carbonyl (C=O) groups is 1. The zero-order valence-corrected chi connectivity index (χ0v) is 19.4. The van der Waals surface area contributed by atoms with Gasteiger partial charge in [0.05, 0.1) is 0 Å². The molecule has 4 aromatic rings. The molecule has 2 heterocycles. The number of hydrogen-bond acceptors (Lipinski definition) is 2. The second-order valence-electron chi connectivity index (χ2n) is 9.49. The highest BCUT2D eigenvalue weighted by Gasteiger charge is 2.35. The van der Waals surface area contributed by atoms with Gasteiger partial charge in [-0.2, -0.15) is 0 Å². The zero-order chi connectivity index (χ0) is 23.7. The number of nitrogens with zero attached hydrogens (tertiary/aromatic N) is 1. The van der Waals surface area contributed by atoms with Crippen LogP contribution in [0.3, 0.4) is 0 Å². The van der Waals surface area contributed by atoms with Crippen LogP contribution >= 0.6 is 0 Å². The van der Waals surface area contributed by atoms with Crippen LogP contribution in [-0.2, 0) is 17.8 Å². The summed E-state index contributed by atoms with van der Waals surface area (Å²) in [5.74, 6) is 0.591. The third kappa shape index (κ3) is 4.27. The van der Waals surface area contributed by atoms with Crippen LogP contribution in [0.5, 0.6) is 11.5 Å². The van der Waals surface area contributed by atoms with Crippen molar-refractivity contribution >= 4 is 12.0 Å². The van der Waals surface area contributed by atoms with E-state index in [0.717, 1.165) is 46.8 Å². The number of ether oxygens (including phenoxy) is 1. The Bertz CT molecular complexity index is 1350. The first-order chi connectivity index (χ1) is 16.4. The Hall–Kier alpha value is -4.05. The summed E-state index contributed by atoms with van der Waals surface area (Å²) < 4.78 is 8.28. The molecule has 170 valence electrons. The first kappa shape index (κ1) is 21.8. The molecule has 0 saturated carbocycles. The zero-order valence-electron chi connectivity index (χ0n) is 19.4. The molecule has 1 aliphatic rings. The number of carboxylic acids is 1. The number of fused-ring (bicyclic) bond motifs is 1. The Labute approximate surface area is 199 Å². The van der Waals surface area contributed by atoms with Gasteiger partial charge in [-0.25, -0.2) is 4.79 Å². The molecule has 1 N–H and O–H groups in total. The van der Waals surface area contributed by atoms with Crippen LogP contribution in [0.2, 0.25) is 0 Å². The lowest BCUT2D eigenvalue weighted by molar-refractivity contribution is -0.131. The van der Waals surface area contributed by atoms with E-state index in [4.69, 9.17) is 4.74 Å². The lowest BCUT2D eigenvalue weighted by Gasteiger charge is -2.18. The minimum Gasteiger partial charge on any atom is -0.478 e. The van der Waals surface area contributed by atoms with E-state index in [2.05, 4.69) is 42.7 Å². The van der Waals surface area contributed by atoms with E-state index in [0.29, 0.717) is 0 Å². The second-order valence-corrected chi connectivity index (χ2v) is 9.49. The van der Waals surface area contributed by atoms with Crippen LogP contribution in [-0.4, -0.2) is 15.6 Å². The molecule has 0 saturated heterocycles. The average Bonchev–Trinajstić information content (AvgIpc) is 3.29. The predicted octanol–water partition coefficient (Wildman–Crippen LogP) is 7.29. The Kier molecular flexibility index (Phi) is 5.58. The Morgan fingerprint density at radius 1 is 0.853 bits per heavy atom. The van der Waals surface area contributed by atoms with Crippen LogP contribution in [0.25, 0.3) is 28.3 Å². The molecule has 0 unspecified atom stereocenters. The predicted molar refractivity (Wildman–Crippen MR) is 136 cm³/mol. The quantitative estimate of drug-likeness (QED) is 0.314. The monoisotopic (exact) mass is 449 g/mol. The van der Waals surface area contributed by atoms with Crippen LogP contribution in [0.1, 0.15) is 25.2 Å². The minimum atomic E-state index is -0.952. The number of rotatable bonds is 6. The van der Waals surface area contributed by atoms with Gasteiger partial charge < -0.3 is 14.4 Å². The van der Waals surface area contributed by atoms with E-state index < -0.39 is 5.97 Å². The maximum absolute atomic E-state index is 11.4. The number of aromatic nitrogens is 1. The third-order valence-electron chi connectivity index (χ3n) is 6.21. The van der Waals surface area contributed by atoms with E-state index in [1.807, 2.05) is 60.7 Å². The van der Waals surface area contributed by atoms with Crippen molar-refractivity contribution in [1.29, 1.82) is 0 Å². The van der Waals surface area contributed by atoms with Crippen LogP contribution in [0.4, 0.5) is 0 Å². The molecule has 4 nitrogen and oxygen atoms in total. The Balaban J connectivity index is 1.66. The van der Waals surface area contributed by atoms with Crippen molar-refractivity contribution in [1.82, 2.24) is 4.57 Å². The van der Waals surface area contributed by atoms with Crippen molar-refractivity contribution in [2.24, 2.45) is 5.41 Å². The van der Waals surface area contributed by atoms with Gasteiger partial charge in [0.25, 0.3) is 0 Å². The fourth-order valence-corrected chi connectivity index (χ4v) is 4.84. The van der Waals surface area contributed by atoms with Crippen molar-refractivity contribution in [3.8, 4) is 33.8 Å². The van der Waals surface area contributed by atoms with Gasteiger partial charge in [-0.15, -0.1) is 0 Å². The van der Waals surface area contributed by atoms with Crippen molar-refractivity contribution in [2.75, 3.05) is 0 Å². The van der Waals surface area contributed by atoms with Crippen molar-refractivity contribution in [3.63, 3.8) is 0 Å². The number of benzene rings is 3. The normalized spacial score (nSPS) is 14.3. The van der Waals surface area contributed by atoms with Gasteiger partial charge >= 0.3 is 5.97 Å². The molecule has 34 heavy (non-hydrogen) atoms. The molecule has 0 aliphatic carbocycles. The summed E-state index contributed by atoms with van der Waals surface area (Å²) in [4.78, 5) is 11.4. The highest BCUT2D eigenvalue weighted by molar-refractivity contribution is 5.94. The summed E-state index contributed by atoms with van der Waals surface area (Å²) >= 11 is 0. The second kappa shape index (κ2) is 8.71. The molecule has 1 aliphatic heterocycles. The smallest absolute Gasteiger partial charge is 0.328 e. The van der Waals surface area contributed by atoms with Gasteiger partial charge in [0.15, 0.2) is 0 Å². The van der Waals surface area contributed by atoms with Crippen LogP contribution in [0, 0.1) is 5.41 Å². The number of aliphatic carboxylic acids is 1. The molecule has 0 amide bonds. The molecular formula is C30H27NO3. The van der Waals surface area contributed by atoms with Gasteiger partial charge in [0.1, 0.15) is 11.5 Å². The molecule has 0 spiro atoms. The molecular weight excluding hydrogens is 422 g/mol. The first-order valence-electron chi connectivity index (χ1n) is 11.5. The molecule has 0 fully saturated rings. The van der Waals surface area contributed by atoms with Crippen molar-refractivity contribution in [2.45, 2.75) is 26.8 Å². The summed E-state index contributed by atoms with van der Waals surface area (Å²) in [6.45, 7) is 5.36. The van der Waals surface area contributed by atoms with Gasteiger partial charge in [0.2, 0.25) is 0 Å². The minimum absolute atomic E-state index is 0.108. The number of hydrogen-bond donors (Lipinski definition) is 1. The van der Waals surface area contributed by atoms with E-state index in [1.165, 1.54) is 17.3 Å². The standard InChI is InChI=1S/C30H27NO3/c1-30(2)19-26-29(21-9-5-3-6-10-21)28(25(31(26)20-30)17-18-27(32)33)22-13-15-24(16-14-22)34-23-11-7-4-8-12-23/h3-18H,19-20H2,1-2H3,(H,32,33). The van der Waals surface area contributed by atoms with E-state index >= 15 is 0 Å². The maximum Gasteiger partial charge on any atom is 0.328 e. The number of carboxylic acid groups (broad SMARTS) is 1. The molecule has 0 bridgehead atoms. The van der Waals surface area contributed by atoms with E-state index in [1.54, 1.807) is 6.08 Å². The average molecular weight is 450 g/mol. The summed E-state index contributed by atoms with van der Waals surface area (Å²) in [6.07, 6.45) is 3.91. The molecule has 4 heteroatoms. The summed E-state index contributed by atoms with van der Waals surface area (Å²) in [6, 6.07) is 28.1. The number of para-hydroxylation sites is 1. The fraction of sp³-hybridized carbons (Fsp3) is 0.167. The lowest BCUT2D eigenvalue weighted by atomic mass is 9.86. The van der Waals surface area contributed by atoms with Gasteiger partial charge in [0, 0.05) is 35.1 Å². The SMILES string of the molecule is CC1(C)Cc2c(-c3ccccc3)c(-c3ccc(Oc4ccccc4)cc3)c(C=CC(=O)O)n2C1. The maximum atomic E-state index is 11.4. The third-order valence-corrected chi connectivity index (χ3v) is 6.21. The van der Waals surface area contributed by atoms with E-state index in [-0.39, 0.29) is 5.41 Å². The molecule has 1 aromatic heterocycles.